The first-order valence-corrected chi connectivity index (χ1v) is 9.24. The quantitative estimate of drug-likeness (QED) is 0.852. The number of benzene rings is 2. The highest BCUT2D eigenvalue weighted by atomic mass is 35.5. The molecule has 3 nitrogen and oxygen atoms in total. The second-order valence-electron chi connectivity index (χ2n) is 6.99. The fraction of sp³-hybridized carbons (Fsp3) is 0.381. The van der Waals surface area contributed by atoms with Crippen LogP contribution in [0.25, 0.3) is 0 Å². The number of nitrogens with one attached hydrogen (secondary N) is 1. The fourth-order valence-electron chi connectivity index (χ4n) is 3.44. The van der Waals surface area contributed by atoms with E-state index in [0.717, 1.165) is 48.7 Å². The van der Waals surface area contributed by atoms with Crippen molar-refractivity contribution >= 4 is 23.2 Å². The van der Waals surface area contributed by atoms with E-state index in [9.17, 15) is 4.79 Å². The minimum atomic E-state index is 0.0938. The van der Waals surface area contributed by atoms with E-state index < -0.39 is 0 Å². The van der Waals surface area contributed by atoms with Gasteiger partial charge in [-0.3, -0.25) is 9.69 Å². The Balaban J connectivity index is 1.52. The Labute approximate surface area is 155 Å². The van der Waals surface area contributed by atoms with Gasteiger partial charge in [-0.2, -0.15) is 0 Å². The first kappa shape index (κ1) is 18.0. The summed E-state index contributed by atoms with van der Waals surface area (Å²) in [6, 6.07) is 14.1. The van der Waals surface area contributed by atoms with Crippen LogP contribution in [0.15, 0.2) is 42.5 Å². The highest BCUT2D eigenvalue weighted by Gasteiger charge is 2.25. The van der Waals surface area contributed by atoms with Crippen molar-refractivity contribution in [1.29, 1.82) is 0 Å². The topological polar surface area (TPSA) is 32.3 Å². The third-order valence-electron chi connectivity index (χ3n) is 4.89. The van der Waals surface area contributed by atoms with Gasteiger partial charge in [-0.1, -0.05) is 41.4 Å². The van der Waals surface area contributed by atoms with Crippen LogP contribution in [0.4, 0.5) is 5.69 Å². The molecule has 1 N–H and O–H groups in total. The van der Waals surface area contributed by atoms with E-state index in [4.69, 9.17) is 11.6 Å². The third-order valence-corrected chi connectivity index (χ3v) is 5.13. The Kier molecular flexibility index (Phi) is 5.77. The molecule has 0 unspecified atom stereocenters. The summed E-state index contributed by atoms with van der Waals surface area (Å²) in [5.41, 5.74) is 4.49. The average molecular weight is 357 g/mol. The van der Waals surface area contributed by atoms with Crippen LogP contribution in [-0.2, 0) is 11.3 Å². The second-order valence-corrected chi connectivity index (χ2v) is 7.42. The van der Waals surface area contributed by atoms with Crippen LogP contribution >= 0.6 is 11.6 Å². The molecule has 0 radical (unpaired) electrons. The number of hydrogen-bond donors (Lipinski definition) is 1. The second kappa shape index (κ2) is 8.03. The summed E-state index contributed by atoms with van der Waals surface area (Å²) in [5, 5.41) is 3.88. The lowest BCUT2D eigenvalue weighted by molar-refractivity contribution is -0.121. The van der Waals surface area contributed by atoms with Gasteiger partial charge in [0.2, 0.25) is 5.91 Å². The molecule has 0 spiro atoms. The zero-order valence-corrected chi connectivity index (χ0v) is 15.6. The van der Waals surface area contributed by atoms with E-state index in [1.165, 1.54) is 11.1 Å². The van der Waals surface area contributed by atoms with Crippen molar-refractivity contribution < 1.29 is 4.79 Å². The highest BCUT2D eigenvalue weighted by Crippen LogP contribution is 2.23. The Bertz CT molecular complexity index is 751. The van der Waals surface area contributed by atoms with Gasteiger partial charge in [0, 0.05) is 23.2 Å². The third kappa shape index (κ3) is 4.83. The minimum absolute atomic E-state index is 0.0938. The number of halogens is 1. The smallest absolute Gasteiger partial charge is 0.227 e. The molecule has 3 rings (SSSR count). The van der Waals surface area contributed by atoms with E-state index in [0.29, 0.717) is 0 Å². The SMILES string of the molecule is Cc1ccc(NC(=O)C2CCN(Cc3cccc(Cl)c3)CC2)c(C)c1. The molecule has 2 aromatic rings. The van der Waals surface area contributed by atoms with Gasteiger partial charge in [0.1, 0.15) is 0 Å². The van der Waals surface area contributed by atoms with Crippen LogP contribution in [0.5, 0.6) is 0 Å². The van der Waals surface area contributed by atoms with Crippen molar-refractivity contribution in [2.45, 2.75) is 33.2 Å². The summed E-state index contributed by atoms with van der Waals surface area (Å²) in [7, 11) is 0. The summed E-state index contributed by atoms with van der Waals surface area (Å²) in [6.45, 7) is 6.88. The van der Waals surface area contributed by atoms with Gasteiger partial charge in [-0.05, 0) is 69.1 Å². The van der Waals surface area contributed by atoms with Crippen molar-refractivity contribution in [3.05, 3.63) is 64.2 Å². The van der Waals surface area contributed by atoms with E-state index in [-0.39, 0.29) is 11.8 Å². The number of aryl methyl sites for hydroxylation is 2. The Morgan fingerprint density at radius 2 is 1.92 bits per heavy atom. The lowest BCUT2D eigenvalue weighted by Crippen LogP contribution is -2.37. The van der Waals surface area contributed by atoms with Crippen LogP contribution in [-0.4, -0.2) is 23.9 Å². The zero-order valence-electron chi connectivity index (χ0n) is 14.9. The van der Waals surface area contributed by atoms with Crippen molar-refractivity contribution in [3.63, 3.8) is 0 Å². The van der Waals surface area contributed by atoms with Crippen LogP contribution in [0.1, 0.15) is 29.5 Å². The maximum absolute atomic E-state index is 12.6. The van der Waals surface area contributed by atoms with Gasteiger partial charge < -0.3 is 5.32 Å². The summed E-state index contributed by atoms with van der Waals surface area (Å²) in [5.74, 6) is 0.241. The van der Waals surface area contributed by atoms with Gasteiger partial charge in [0.25, 0.3) is 0 Å². The predicted molar refractivity (Wildman–Crippen MR) is 104 cm³/mol. The van der Waals surface area contributed by atoms with Gasteiger partial charge >= 0.3 is 0 Å². The number of rotatable bonds is 4. The molecule has 1 amide bonds. The summed E-state index contributed by atoms with van der Waals surface area (Å²) in [6.07, 6.45) is 1.80. The number of anilines is 1. The molecular weight excluding hydrogens is 332 g/mol. The minimum Gasteiger partial charge on any atom is -0.326 e. The molecule has 132 valence electrons. The summed E-state index contributed by atoms with van der Waals surface area (Å²) >= 11 is 6.06. The Hall–Kier alpha value is -1.84. The first-order valence-electron chi connectivity index (χ1n) is 8.86. The summed E-state index contributed by atoms with van der Waals surface area (Å²) < 4.78 is 0. The molecule has 0 atom stereocenters. The number of nitrogens with zero attached hydrogens (tertiary/aromatic N) is 1. The maximum atomic E-state index is 12.6. The number of carbonyl (C=O) groups is 1. The standard InChI is InChI=1S/C21H25ClN2O/c1-15-6-7-20(16(2)12-15)23-21(25)18-8-10-24(11-9-18)14-17-4-3-5-19(22)13-17/h3-7,12-13,18H,8-11,14H2,1-2H3,(H,23,25). The largest absolute Gasteiger partial charge is 0.326 e. The number of likely N-dealkylation sites (tertiary alicyclic amines) is 1. The van der Waals surface area contributed by atoms with Crippen molar-refractivity contribution in [3.8, 4) is 0 Å². The fourth-order valence-corrected chi connectivity index (χ4v) is 3.65. The predicted octanol–water partition coefficient (Wildman–Crippen LogP) is 4.81. The van der Waals surface area contributed by atoms with Crippen molar-refractivity contribution in [2.24, 2.45) is 5.92 Å². The number of amides is 1. The normalized spacial score (nSPS) is 16.0. The Morgan fingerprint density at radius 3 is 2.60 bits per heavy atom. The molecule has 2 aromatic carbocycles. The number of hydrogen-bond acceptors (Lipinski definition) is 2. The first-order chi connectivity index (χ1) is 12.0. The summed E-state index contributed by atoms with van der Waals surface area (Å²) in [4.78, 5) is 15.0. The monoisotopic (exact) mass is 356 g/mol. The molecule has 25 heavy (non-hydrogen) atoms. The van der Waals surface area contributed by atoms with E-state index in [1.807, 2.05) is 37.3 Å². The molecule has 1 fully saturated rings. The lowest BCUT2D eigenvalue weighted by Gasteiger charge is -2.31. The number of piperidine rings is 1. The molecule has 0 saturated carbocycles. The van der Waals surface area contributed by atoms with Crippen LogP contribution in [0.3, 0.4) is 0 Å². The van der Waals surface area contributed by atoms with Gasteiger partial charge in [0.15, 0.2) is 0 Å². The molecule has 0 aliphatic carbocycles. The highest BCUT2D eigenvalue weighted by molar-refractivity contribution is 6.30. The zero-order chi connectivity index (χ0) is 17.8. The molecule has 1 aliphatic rings. The van der Waals surface area contributed by atoms with E-state index in [2.05, 4.69) is 29.3 Å². The molecule has 4 heteroatoms. The molecule has 0 aromatic heterocycles. The van der Waals surface area contributed by atoms with E-state index >= 15 is 0 Å². The lowest BCUT2D eigenvalue weighted by atomic mass is 9.95. The maximum Gasteiger partial charge on any atom is 0.227 e. The number of carbonyl (C=O) groups excluding carboxylic acids is 1. The molecule has 1 aliphatic heterocycles. The van der Waals surface area contributed by atoms with Gasteiger partial charge in [0.05, 0.1) is 0 Å². The molecule has 1 saturated heterocycles. The molecular formula is C21H25ClN2O. The van der Waals surface area contributed by atoms with Crippen LogP contribution in [0.2, 0.25) is 5.02 Å². The molecule has 0 bridgehead atoms. The van der Waals surface area contributed by atoms with E-state index in [1.54, 1.807) is 0 Å². The van der Waals surface area contributed by atoms with Crippen LogP contribution < -0.4 is 5.32 Å². The Morgan fingerprint density at radius 1 is 1.16 bits per heavy atom. The van der Waals surface area contributed by atoms with Gasteiger partial charge in [-0.25, -0.2) is 0 Å². The van der Waals surface area contributed by atoms with Gasteiger partial charge in [-0.15, -0.1) is 0 Å². The average Bonchev–Trinajstić information content (AvgIpc) is 2.58. The van der Waals surface area contributed by atoms with Crippen LogP contribution in [0, 0.1) is 19.8 Å². The van der Waals surface area contributed by atoms with Crippen molar-refractivity contribution in [2.75, 3.05) is 18.4 Å². The molecule has 1 heterocycles. The van der Waals surface area contributed by atoms with Crippen molar-refractivity contribution in [1.82, 2.24) is 4.90 Å².